The second-order valence-electron chi connectivity index (χ2n) is 4.84. The molecule has 1 aromatic heterocycles. The van der Waals surface area contributed by atoms with E-state index in [1.165, 1.54) is 0 Å². The van der Waals surface area contributed by atoms with Gasteiger partial charge >= 0.3 is 5.97 Å². The highest BCUT2D eigenvalue weighted by Crippen LogP contribution is 2.25. The first-order valence-electron chi connectivity index (χ1n) is 6.80. The van der Waals surface area contributed by atoms with Gasteiger partial charge in [0.15, 0.2) is 12.4 Å². The van der Waals surface area contributed by atoms with E-state index in [4.69, 9.17) is 26.9 Å². The average molecular weight is 334 g/mol. The lowest BCUT2D eigenvalue weighted by Crippen LogP contribution is -2.18. The summed E-state index contributed by atoms with van der Waals surface area (Å²) in [5.41, 5.74) is 8.05. The Labute approximate surface area is 138 Å². The fraction of sp³-hybridized carbons (Fsp3) is 0.188. The van der Waals surface area contributed by atoms with Crippen LogP contribution in [0.25, 0.3) is 0 Å². The molecule has 0 saturated carbocycles. The van der Waals surface area contributed by atoms with Crippen LogP contribution >= 0.6 is 11.6 Å². The Bertz CT molecular complexity index is 710. The van der Waals surface area contributed by atoms with E-state index in [9.17, 15) is 4.79 Å². The van der Waals surface area contributed by atoms with E-state index in [2.05, 4.69) is 10.1 Å². The molecule has 0 saturated heterocycles. The van der Waals surface area contributed by atoms with Crippen molar-refractivity contribution in [2.45, 2.75) is 13.8 Å². The lowest BCUT2D eigenvalue weighted by molar-refractivity contribution is -0.146. The number of halogens is 1. The number of pyridine rings is 1. The van der Waals surface area contributed by atoms with E-state index in [0.717, 1.165) is 11.1 Å². The molecule has 0 aliphatic rings. The first-order valence-corrected chi connectivity index (χ1v) is 7.18. The number of nitrogens with zero attached hydrogens (tertiary/aromatic N) is 2. The third kappa shape index (κ3) is 4.69. The summed E-state index contributed by atoms with van der Waals surface area (Å²) in [6.45, 7) is 3.44. The van der Waals surface area contributed by atoms with Crippen molar-refractivity contribution < 1.29 is 14.4 Å². The van der Waals surface area contributed by atoms with Crippen molar-refractivity contribution in [3.8, 4) is 5.75 Å². The van der Waals surface area contributed by atoms with Gasteiger partial charge in [-0.25, -0.2) is 4.79 Å². The molecule has 7 heteroatoms. The van der Waals surface area contributed by atoms with Gasteiger partial charge in [-0.3, -0.25) is 4.98 Å². The molecule has 0 unspecified atom stereocenters. The van der Waals surface area contributed by atoms with Crippen molar-refractivity contribution in [2.75, 3.05) is 6.61 Å². The van der Waals surface area contributed by atoms with E-state index < -0.39 is 5.97 Å². The van der Waals surface area contributed by atoms with E-state index in [0.29, 0.717) is 16.3 Å². The van der Waals surface area contributed by atoms with Gasteiger partial charge in [0.1, 0.15) is 5.75 Å². The SMILES string of the molecule is Cc1cc(OCC(=O)O/N=C(/N)c2ccncc2)cc(C)c1Cl. The Morgan fingerprint density at radius 2 is 1.87 bits per heavy atom. The quantitative estimate of drug-likeness (QED) is 0.393. The Balaban J connectivity index is 1.91. The summed E-state index contributed by atoms with van der Waals surface area (Å²) in [6.07, 6.45) is 3.13. The number of carbonyl (C=O) groups excluding carboxylic acids is 1. The first-order chi connectivity index (χ1) is 11.0. The van der Waals surface area contributed by atoms with Crippen LogP contribution in [0.1, 0.15) is 16.7 Å². The van der Waals surface area contributed by atoms with Gasteiger partial charge in [0.05, 0.1) is 0 Å². The Morgan fingerprint density at radius 1 is 1.26 bits per heavy atom. The van der Waals surface area contributed by atoms with Crippen molar-refractivity contribution in [3.05, 3.63) is 58.4 Å². The molecule has 120 valence electrons. The number of rotatable bonds is 5. The minimum absolute atomic E-state index is 0.0823. The molecule has 1 heterocycles. The van der Waals surface area contributed by atoms with Crippen molar-refractivity contribution in [1.29, 1.82) is 0 Å². The molecule has 0 spiro atoms. The number of hydrogen-bond donors (Lipinski definition) is 1. The van der Waals surface area contributed by atoms with Gasteiger partial charge in [-0.1, -0.05) is 16.8 Å². The molecule has 0 aliphatic heterocycles. The molecule has 0 aliphatic carbocycles. The number of aryl methyl sites for hydroxylation is 2. The van der Waals surface area contributed by atoms with Crippen LogP contribution in [-0.2, 0) is 9.63 Å². The van der Waals surface area contributed by atoms with Crippen LogP contribution in [0.15, 0.2) is 41.8 Å². The number of oxime groups is 1. The highest BCUT2D eigenvalue weighted by atomic mass is 35.5. The zero-order valence-corrected chi connectivity index (χ0v) is 13.5. The van der Waals surface area contributed by atoms with Crippen LogP contribution in [0.5, 0.6) is 5.75 Å². The first kappa shape index (κ1) is 16.8. The molecule has 2 aromatic rings. The van der Waals surface area contributed by atoms with Crippen LogP contribution in [-0.4, -0.2) is 23.4 Å². The lowest BCUT2D eigenvalue weighted by Gasteiger charge is -2.08. The molecule has 0 fully saturated rings. The fourth-order valence-electron chi connectivity index (χ4n) is 1.83. The zero-order valence-electron chi connectivity index (χ0n) is 12.7. The van der Waals surface area contributed by atoms with Gasteiger partial charge < -0.3 is 15.3 Å². The minimum Gasteiger partial charge on any atom is -0.482 e. The second-order valence-corrected chi connectivity index (χ2v) is 5.21. The van der Waals surface area contributed by atoms with E-state index in [1.54, 1.807) is 36.7 Å². The second kappa shape index (κ2) is 7.60. The smallest absolute Gasteiger partial charge is 0.372 e. The predicted octanol–water partition coefficient (Wildman–Crippen LogP) is 2.59. The van der Waals surface area contributed by atoms with Crippen LogP contribution in [0.3, 0.4) is 0 Å². The Morgan fingerprint density at radius 3 is 2.48 bits per heavy atom. The largest absolute Gasteiger partial charge is 0.482 e. The monoisotopic (exact) mass is 333 g/mol. The van der Waals surface area contributed by atoms with Gasteiger partial charge in [-0.2, -0.15) is 0 Å². The number of hydrogen-bond acceptors (Lipinski definition) is 5. The van der Waals surface area contributed by atoms with Gasteiger partial charge in [-0.15, -0.1) is 0 Å². The molecule has 23 heavy (non-hydrogen) atoms. The number of ether oxygens (including phenoxy) is 1. The van der Waals surface area contributed by atoms with Gasteiger partial charge in [0, 0.05) is 23.0 Å². The maximum atomic E-state index is 11.6. The predicted molar refractivity (Wildman–Crippen MR) is 87.5 cm³/mol. The fourth-order valence-corrected chi connectivity index (χ4v) is 1.94. The van der Waals surface area contributed by atoms with Gasteiger partial charge in [-0.05, 0) is 49.2 Å². The van der Waals surface area contributed by atoms with Gasteiger partial charge in [0.25, 0.3) is 0 Å². The minimum atomic E-state index is -0.660. The van der Waals surface area contributed by atoms with Crippen LogP contribution in [0, 0.1) is 13.8 Å². The van der Waals surface area contributed by atoms with Crippen LogP contribution in [0.2, 0.25) is 5.02 Å². The summed E-state index contributed by atoms with van der Waals surface area (Å²) in [4.78, 5) is 20.2. The molecule has 0 atom stereocenters. The van der Waals surface area contributed by atoms with Crippen LogP contribution in [0.4, 0.5) is 0 Å². The van der Waals surface area contributed by atoms with Crippen molar-refractivity contribution in [1.82, 2.24) is 4.98 Å². The van der Waals surface area contributed by atoms with Crippen molar-refractivity contribution in [2.24, 2.45) is 10.9 Å². The topological polar surface area (TPSA) is 86.8 Å². The van der Waals surface area contributed by atoms with E-state index in [1.807, 2.05) is 13.8 Å². The Hall–Kier alpha value is -2.60. The highest BCUT2D eigenvalue weighted by Gasteiger charge is 2.08. The normalized spacial score (nSPS) is 11.2. The average Bonchev–Trinajstić information content (AvgIpc) is 2.56. The molecular formula is C16H16ClN3O3. The molecule has 0 amide bonds. The van der Waals surface area contributed by atoms with E-state index >= 15 is 0 Å². The highest BCUT2D eigenvalue weighted by molar-refractivity contribution is 6.32. The number of amidine groups is 1. The summed E-state index contributed by atoms with van der Waals surface area (Å²) in [6, 6.07) is 6.80. The summed E-state index contributed by atoms with van der Waals surface area (Å²) in [7, 11) is 0. The zero-order chi connectivity index (χ0) is 16.8. The lowest BCUT2D eigenvalue weighted by atomic mass is 10.1. The third-order valence-corrected chi connectivity index (χ3v) is 3.58. The molecule has 6 nitrogen and oxygen atoms in total. The molecule has 0 radical (unpaired) electrons. The molecule has 0 bridgehead atoms. The summed E-state index contributed by atoms with van der Waals surface area (Å²) in [5.74, 6) is -0.0429. The standard InChI is InChI=1S/C16H16ClN3O3/c1-10-7-13(8-11(2)15(10)17)22-9-14(21)23-20-16(18)12-3-5-19-6-4-12/h3-8H,9H2,1-2H3,(H2,18,20). The maximum Gasteiger partial charge on any atom is 0.372 e. The van der Waals surface area contributed by atoms with Gasteiger partial charge in [0.2, 0.25) is 0 Å². The molecule has 2 N–H and O–H groups in total. The third-order valence-electron chi connectivity index (χ3n) is 2.99. The maximum absolute atomic E-state index is 11.6. The van der Waals surface area contributed by atoms with Crippen molar-refractivity contribution >= 4 is 23.4 Å². The molecule has 1 aromatic carbocycles. The number of benzene rings is 1. The molecular weight excluding hydrogens is 318 g/mol. The van der Waals surface area contributed by atoms with E-state index in [-0.39, 0.29) is 12.4 Å². The van der Waals surface area contributed by atoms with Crippen molar-refractivity contribution in [3.63, 3.8) is 0 Å². The summed E-state index contributed by atoms with van der Waals surface area (Å²) >= 11 is 6.07. The number of aromatic nitrogens is 1. The van der Waals surface area contributed by atoms with Crippen LogP contribution < -0.4 is 10.5 Å². The summed E-state index contributed by atoms with van der Waals surface area (Å²) < 4.78 is 5.37. The Kier molecular flexibility index (Phi) is 5.54. The number of nitrogens with two attached hydrogens (primary N) is 1. The summed E-state index contributed by atoms with van der Waals surface area (Å²) in [5, 5.41) is 4.25. The number of carbonyl (C=O) groups is 1. The molecule has 2 rings (SSSR count).